The Morgan fingerprint density at radius 1 is 1.33 bits per heavy atom. The molecule has 0 saturated heterocycles. The number of hydrogen-bond acceptors (Lipinski definition) is 5. The third-order valence-corrected chi connectivity index (χ3v) is 3.38. The van der Waals surface area contributed by atoms with Gasteiger partial charge >= 0.3 is 6.09 Å². The molecule has 1 aromatic heterocycles. The number of hydrogen-bond donors (Lipinski definition) is 0. The minimum atomic E-state index is -0.618. The fraction of sp³-hybridized carbons (Fsp3) is 0.667. The predicted octanol–water partition coefficient (Wildman–Crippen LogP) is 2.25. The van der Waals surface area contributed by atoms with Gasteiger partial charge < -0.3 is 9.64 Å². The largest absolute Gasteiger partial charge is 0.442 e. The van der Waals surface area contributed by atoms with E-state index in [1.807, 2.05) is 7.05 Å². The molecule has 6 nitrogen and oxygen atoms in total. The summed E-state index contributed by atoms with van der Waals surface area (Å²) < 4.78 is 6.51. The Balaban J connectivity index is 2.46. The SMILES string of the molecule is CCC(=O)c1c2c(nn1C(=O)OC(C)(C)C)CCN(C)C2. The molecule has 0 fully saturated rings. The van der Waals surface area contributed by atoms with Gasteiger partial charge in [0.05, 0.1) is 5.69 Å². The first kappa shape index (κ1) is 15.7. The lowest BCUT2D eigenvalue weighted by Gasteiger charge is -2.22. The van der Waals surface area contributed by atoms with Crippen LogP contribution in [0.15, 0.2) is 0 Å². The lowest BCUT2D eigenvalue weighted by atomic mass is 10.0. The Morgan fingerprint density at radius 3 is 2.57 bits per heavy atom. The van der Waals surface area contributed by atoms with Gasteiger partial charge in [-0.25, -0.2) is 4.79 Å². The summed E-state index contributed by atoms with van der Waals surface area (Å²) in [4.78, 5) is 26.7. The first-order chi connectivity index (χ1) is 9.73. The first-order valence-corrected chi connectivity index (χ1v) is 7.28. The molecule has 1 aromatic rings. The van der Waals surface area contributed by atoms with Crippen LogP contribution in [0.2, 0.25) is 0 Å². The first-order valence-electron chi connectivity index (χ1n) is 7.28. The lowest BCUT2D eigenvalue weighted by Crippen LogP contribution is -2.30. The second kappa shape index (κ2) is 5.60. The van der Waals surface area contributed by atoms with Crippen LogP contribution >= 0.6 is 0 Å². The maximum Gasteiger partial charge on any atom is 0.435 e. The molecule has 116 valence electrons. The fourth-order valence-electron chi connectivity index (χ4n) is 2.40. The van der Waals surface area contributed by atoms with Gasteiger partial charge in [0.15, 0.2) is 5.78 Å². The van der Waals surface area contributed by atoms with Crippen LogP contribution in [0.5, 0.6) is 0 Å². The van der Waals surface area contributed by atoms with Crippen LogP contribution in [0, 0.1) is 0 Å². The minimum Gasteiger partial charge on any atom is -0.442 e. The van der Waals surface area contributed by atoms with Gasteiger partial charge in [-0.1, -0.05) is 6.92 Å². The Kier molecular flexibility index (Phi) is 4.18. The molecule has 0 amide bonds. The molecule has 1 aliphatic rings. The zero-order chi connectivity index (χ0) is 15.8. The van der Waals surface area contributed by atoms with Crippen LogP contribution in [0.4, 0.5) is 4.79 Å². The highest BCUT2D eigenvalue weighted by Crippen LogP contribution is 2.23. The van der Waals surface area contributed by atoms with Crippen molar-refractivity contribution in [2.45, 2.75) is 52.7 Å². The molecule has 0 saturated carbocycles. The minimum absolute atomic E-state index is 0.0788. The molecule has 0 atom stereocenters. The van der Waals surface area contributed by atoms with Crippen molar-refractivity contribution >= 4 is 11.9 Å². The zero-order valence-corrected chi connectivity index (χ0v) is 13.4. The molecule has 0 radical (unpaired) electrons. The summed E-state index contributed by atoms with van der Waals surface area (Å²) in [7, 11) is 1.99. The van der Waals surface area contributed by atoms with Crippen LogP contribution < -0.4 is 0 Å². The normalized spacial score (nSPS) is 15.7. The van der Waals surface area contributed by atoms with Gasteiger partial charge in [0.25, 0.3) is 0 Å². The topological polar surface area (TPSA) is 64.4 Å². The Bertz CT molecular complexity index is 569. The number of aromatic nitrogens is 2. The second-order valence-corrected chi connectivity index (χ2v) is 6.43. The average Bonchev–Trinajstić information content (AvgIpc) is 2.74. The van der Waals surface area contributed by atoms with Crippen molar-refractivity contribution in [3.63, 3.8) is 0 Å². The summed E-state index contributed by atoms with van der Waals surface area (Å²) in [5.41, 5.74) is 1.46. The second-order valence-electron chi connectivity index (χ2n) is 6.43. The molecule has 0 spiro atoms. The van der Waals surface area contributed by atoms with Gasteiger partial charge in [-0.15, -0.1) is 0 Å². The van der Waals surface area contributed by atoms with Crippen molar-refractivity contribution in [2.24, 2.45) is 0 Å². The number of ketones is 1. The van der Waals surface area contributed by atoms with E-state index in [0.717, 1.165) is 28.9 Å². The van der Waals surface area contributed by atoms with Crippen LogP contribution in [0.25, 0.3) is 0 Å². The third kappa shape index (κ3) is 3.32. The van der Waals surface area contributed by atoms with Crippen LogP contribution in [-0.4, -0.2) is 45.8 Å². The molecular weight excluding hydrogens is 270 g/mol. The maximum absolute atomic E-state index is 12.3. The van der Waals surface area contributed by atoms with Crippen molar-refractivity contribution in [3.05, 3.63) is 17.0 Å². The molecule has 0 bridgehead atoms. The van der Waals surface area contributed by atoms with E-state index in [-0.39, 0.29) is 5.78 Å². The Hall–Kier alpha value is -1.69. The molecule has 21 heavy (non-hydrogen) atoms. The number of nitrogens with zero attached hydrogens (tertiary/aromatic N) is 3. The molecule has 0 N–H and O–H groups in total. The van der Waals surface area contributed by atoms with Gasteiger partial charge in [0, 0.05) is 31.5 Å². The maximum atomic E-state index is 12.3. The number of rotatable bonds is 2. The van der Waals surface area contributed by atoms with E-state index >= 15 is 0 Å². The fourth-order valence-corrected chi connectivity index (χ4v) is 2.40. The summed E-state index contributed by atoms with van der Waals surface area (Å²) in [6.45, 7) is 8.68. The Labute approximate surface area is 125 Å². The van der Waals surface area contributed by atoms with Crippen LogP contribution in [0.3, 0.4) is 0 Å². The van der Waals surface area contributed by atoms with E-state index in [9.17, 15) is 9.59 Å². The monoisotopic (exact) mass is 293 g/mol. The van der Waals surface area contributed by atoms with E-state index in [0.29, 0.717) is 18.7 Å². The molecule has 0 unspecified atom stereocenters. The van der Waals surface area contributed by atoms with E-state index in [4.69, 9.17) is 4.74 Å². The van der Waals surface area contributed by atoms with E-state index in [2.05, 4.69) is 10.00 Å². The number of Topliss-reactive ketones (excluding diaryl/α,β-unsaturated/α-hetero) is 1. The standard InChI is InChI=1S/C15H23N3O3/c1-6-12(19)13-10-9-17(5)8-7-11(10)16-18(13)14(20)21-15(2,3)4/h6-9H2,1-5H3. The van der Waals surface area contributed by atoms with E-state index < -0.39 is 11.7 Å². The van der Waals surface area contributed by atoms with Crippen molar-refractivity contribution in [3.8, 4) is 0 Å². The molecule has 0 aliphatic carbocycles. The smallest absolute Gasteiger partial charge is 0.435 e. The molecular formula is C15H23N3O3. The Morgan fingerprint density at radius 2 is 2.00 bits per heavy atom. The highest BCUT2D eigenvalue weighted by atomic mass is 16.6. The van der Waals surface area contributed by atoms with E-state index in [1.165, 1.54) is 0 Å². The molecule has 2 heterocycles. The van der Waals surface area contributed by atoms with Crippen LogP contribution in [0.1, 0.15) is 55.9 Å². The summed E-state index contributed by atoms with van der Waals surface area (Å²) in [5, 5.41) is 4.33. The van der Waals surface area contributed by atoms with Gasteiger partial charge in [0.1, 0.15) is 11.3 Å². The van der Waals surface area contributed by atoms with Gasteiger partial charge in [-0.3, -0.25) is 4.79 Å². The average molecular weight is 293 g/mol. The molecule has 1 aliphatic heterocycles. The van der Waals surface area contributed by atoms with Crippen molar-refractivity contribution in [1.82, 2.24) is 14.7 Å². The highest BCUT2D eigenvalue weighted by Gasteiger charge is 2.30. The van der Waals surface area contributed by atoms with Crippen molar-refractivity contribution in [1.29, 1.82) is 0 Å². The lowest BCUT2D eigenvalue weighted by molar-refractivity contribution is 0.0503. The van der Waals surface area contributed by atoms with Crippen molar-refractivity contribution < 1.29 is 14.3 Å². The number of carbonyl (C=O) groups is 2. The number of ether oxygens (including phenoxy) is 1. The predicted molar refractivity (Wildman–Crippen MR) is 78.5 cm³/mol. The van der Waals surface area contributed by atoms with Gasteiger partial charge in [-0.2, -0.15) is 9.78 Å². The zero-order valence-electron chi connectivity index (χ0n) is 13.4. The number of likely N-dealkylation sites (N-methyl/N-ethyl adjacent to an activating group) is 1. The van der Waals surface area contributed by atoms with Crippen LogP contribution in [-0.2, 0) is 17.7 Å². The van der Waals surface area contributed by atoms with E-state index in [1.54, 1.807) is 27.7 Å². The number of fused-ring (bicyclic) bond motifs is 1. The molecule has 2 rings (SSSR count). The number of carbonyl (C=O) groups excluding carboxylic acids is 2. The van der Waals surface area contributed by atoms with Gasteiger partial charge in [-0.05, 0) is 27.8 Å². The summed E-state index contributed by atoms with van der Waals surface area (Å²) in [6.07, 6.45) is 0.493. The summed E-state index contributed by atoms with van der Waals surface area (Å²) >= 11 is 0. The molecule has 6 heteroatoms. The quantitative estimate of drug-likeness (QED) is 0.782. The van der Waals surface area contributed by atoms with Crippen molar-refractivity contribution in [2.75, 3.05) is 13.6 Å². The highest BCUT2D eigenvalue weighted by molar-refractivity contribution is 5.98. The molecule has 0 aromatic carbocycles. The summed E-state index contributed by atoms with van der Waals surface area (Å²) in [5.74, 6) is -0.0788. The van der Waals surface area contributed by atoms with Gasteiger partial charge in [0.2, 0.25) is 0 Å². The summed E-state index contributed by atoms with van der Waals surface area (Å²) in [6, 6.07) is 0. The third-order valence-electron chi connectivity index (χ3n) is 3.38.